The molecular weight excluding hydrogens is 452 g/mol. The number of aliphatic hydroxyl groups excluding tert-OH is 1. The highest BCUT2D eigenvalue weighted by Crippen LogP contribution is 2.45. The Labute approximate surface area is 207 Å². The van der Waals surface area contributed by atoms with Gasteiger partial charge in [-0.2, -0.15) is 0 Å². The summed E-state index contributed by atoms with van der Waals surface area (Å²) in [5, 5.41) is 22.6. The molecule has 0 aromatic heterocycles. The molecule has 2 saturated heterocycles. The molecule has 3 heterocycles. The molecular formula is C27H38O8. The van der Waals surface area contributed by atoms with Crippen molar-refractivity contribution >= 4 is 5.97 Å². The van der Waals surface area contributed by atoms with E-state index < -0.39 is 29.7 Å². The van der Waals surface area contributed by atoms with Crippen LogP contribution < -0.4 is 0 Å². The Balaban J connectivity index is 1.72. The van der Waals surface area contributed by atoms with Gasteiger partial charge < -0.3 is 33.9 Å². The summed E-state index contributed by atoms with van der Waals surface area (Å²) >= 11 is 0. The molecule has 8 nitrogen and oxygen atoms in total. The predicted molar refractivity (Wildman–Crippen MR) is 128 cm³/mol. The van der Waals surface area contributed by atoms with E-state index in [1.54, 1.807) is 26.2 Å². The third-order valence-corrected chi connectivity index (χ3v) is 7.59. The topological polar surface area (TPSA) is 104 Å². The summed E-state index contributed by atoms with van der Waals surface area (Å²) in [6.45, 7) is 6.62. The SMILES string of the molecule is COCO[C@H]1/C(C)=C/C[C@@H]2CC(CCO2)OC(=O)C2C=C(C)[C@@H](O)[C@H]3OCC(=C/C=C/[C@@H]1C)[C@@]23O. The van der Waals surface area contributed by atoms with Gasteiger partial charge in [0.2, 0.25) is 0 Å². The van der Waals surface area contributed by atoms with Crippen LogP contribution in [-0.4, -0.2) is 79.4 Å². The normalized spacial score (nSPS) is 42.7. The summed E-state index contributed by atoms with van der Waals surface area (Å²) < 4.78 is 28.8. The van der Waals surface area contributed by atoms with Crippen LogP contribution in [0.2, 0.25) is 0 Å². The first-order valence-corrected chi connectivity index (χ1v) is 12.4. The minimum atomic E-state index is -1.69. The Morgan fingerprint density at radius 3 is 2.77 bits per heavy atom. The second-order valence-electron chi connectivity index (χ2n) is 10.1. The van der Waals surface area contributed by atoms with Crippen LogP contribution in [0.1, 0.15) is 40.0 Å². The molecule has 2 fully saturated rings. The van der Waals surface area contributed by atoms with Crippen LogP contribution >= 0.6 is 0 Å². The van der Waals surface area contributed by atoms with Gasteiger partial charge in [0, 0.05) is 25.9 Å². The number of hydrogen-bond donors (Lipinski definition) is 2. The van der Waals surface area contributed by atoms with Crippen molar-refractivity contribution in [1.82, 2.24) is 0 Å². The molecule has 8 heteroatoms. The van der Waals surface area contributed by atoms with Crippen LogP contribution in [0, 0.1) is 11.8 Å². The zero-order valence-electron chi connectivity index (χ0n) is 21.0. The monoisotopic (exact) mass is 490 g/mol. The number of rotatable bonds is 3. The molecule has 8 atom stereocenters. The summed E-state index contributed by atoms with van der Waals surface area (Å²) in [5.74, 6) is -1.46. The van der Waals surface area contributed by atoms with Crippen molar-refractivity contribution in [1.29, 1.82) is 0 Å². The number of aliphatic hydroxyl groups is 2. The Morgan fingerprint density at radius 1 is 1.20 bits per heavy atom. The second kappa shape index (κ2) is 11.1. The minimum Gasteiger partial charge on any atom is -0.462 e. The molecule has 0 radical (unpaired) electrons. The average Bonchev–Trinajstić information content (AvgIpc) is 3.17. The highest BCUT2D eigenvalue weighted by Gasteiger charge is 2.59. The Morgan fingerprint density at radius 2 is 2.00 bits per heavy atom. The summed E-state index contributed by atoms with van der Waals surface area (Å²) in [6, 6.07) is 0. The van der Waals surface area contributed by atoms with E-state index in [0.717, 1.165) is 5.57 Å². The summed E-state index contributed by atoms with van der Waals surface area (Å²) in [6.07, 6.45) is 8.72. The summed E-state index contributed by atoms with van der Waals surface area (Å²) in [5.41, 5.74) is 0.507. The van der Waals surface area contributed by atoms with Crippen LogP contribution in [0.15, 0.2) is 47.1 Å². The number of ether oxygens (including phenoxy) is 5. The van der Waals surface area contributed by atoms with Crippen LogP contribution in [0.4, 0.5) is 0 Å². The zero-order chi connectivity index (χ0) is 25.2. The smallest absolute Gasteiger partial charge is 0.316 e. The van der Waals surface area contributed by atoms with Gasteiger partial charge >= 0.3 is 5.97 Å². The van der Waals surface area contributed by atoms with E-state index in [1.165, 1.54) is 0 Å². The molecule has 1 aliphatic carbocycles. The van der Waals surface area contributed by atoms with Gasteiger partial charge in [0.1, 0.15) is 36.6 Å². The average molecular weight is 491 g/mol. The molecule has 0 aromatic carbocycles. The molecule has 3 aliphatic heterocycles. The summed E-state index contributed by atoms with van der Waals surface area (Å²) in [4.78, 5) is 13.4. The fourth-order valence-corrected chi connectivity index (χ4v) is 5.54. The number of methoxy groups -OCH3 is 1. The van der Waals surface area contributed by atoms with E-state index in [0.29, 0.717) is 37.0 Å². The van der Waals surface area contributed by atoms with Gasteiger partial charge in [-0.05, 0) is 37.0 Å². The highest BCUT2D eigenvalue weighted by atomic mass is 16.7. The van der Waals surface area contributed by atoms with Crippen molar-refractivity contribution in [2.75, 3.05) is 27.1 Å². The van der Waals surface area contributed by atoms with Crippen LogP contribution in [0.5, 0.6) is 0 Å². The lowest BCUT2D eigenvalue weighted by Crippen LogP contribution is -2.57. The molecule has 2 N–H and O–H groups in total. The largest absolute Gasteiger partial charge is 0.462 e. The maximum Gasteiger partial charge on any atom is 0.316 e. The lowest BCUT2D eigenvalue weighted by atomic mass is 9.71. The Hall–Kier alpha value is -1.81. The van der Waals surface area contributed by atoms with E-state index in [-0.39, 0.29) is 37.6 Å². The number of allylic oxidation sites excluding steroid dienone is 2. The first-order valence-electron chi connectivity index (χ1n) is 12.4. The molecule has 4 rings (SSSR count). The molecule has 35 heavy (non-hydrogen) atoms. The second-order valence-corrected chi connectivity index (χ2v) is 10.1. The Bertz CT molecular complexity index is 905. The fraction of sp³-hybridized carbons (Fsp3) is 0.667. The van der Waals surface area contributed by atoms with E-state index in [1.807, 2.05) is 19.1 Å². The minimum absolute atomic E-state index is 0.0128. The van der Waals surface area contributed by atoms with Gasteiger partial charge in [-0.25, -0.2) is 0 Å². The predicted octanol–water partition coefficient (Wildman–Crippen LogP) is 2.60. The molecule has 194 valence electrons. The maximum absolute atomic E-state index is 13.4. The van der Waals surface area contributed by atoms with Crippen molar-refractivity contribution in [3.05, 3.63) is 47.1 Å². The van der Waals surface area contributed by atoms with E-state index >= 15 is 0 Å². The molecule has 0 saturated carbocycles. The molecule has 0 aromatic rings. The van der Waals surface area contributed by atoms with Gasteiger partial charge in [0.05, 0.1) is 25.4 Å². The Kier molecular flexibility index (Phi) is 8.30. The van der Waals surface area contributed by atoms with E-state index in [9.17, 15) is 15.0 Å². The van der Waals surface area contributed by atoms with Crippen molar-refractivity contribution in [2.45, 2.75) is 76.2 Å². The molecule has 0 spiro atoms. The van der Waals surface area contributed by atoms with Crippen LogP contribution in [-0.2, 0) is 28.5 Å². The lowest BCUT2D eigenvalue weighted by Gasteiger charge is -2.41. The maximum atomic E-state index is 13.4. The van der Waals surface area contributed by atoms with Gasteiger partial charge in [-0.1, -0.05) is 37.3 Å². The number of carbonyl (C=O) groups excluding carboxylic acids is 1. The van der Waals surface area contributed by atoms with E-state index in [2.05, 4.69) is 13.0 Å². The molecule has 0 amide bonds. The van der Waals surface area contributed by atoms with Gasteiger partial charge in [-0.3, -0.25) is 4.79 Å². The van der Waals surface area contributed by atoms with Crippen molar-refractivity contribution in [3.8, 4) is 0 Å². The third kappa shape index (κ3) is 5.33. The van der Waals surface area contributed by atoms with Crippen LogP contribution in [0.3, 0.4) is 0 Å². The van der Waals surface area contributed by atoms with Crippen molar-refractivity contribution in [2.24, 2.45) is 11.8 Å². The quantitative estimate of drug-likeness (QED) is 0.354. The first-order chi connectivity index (χ1) is 16.8. The number of esters is 1. The third-order valence-electron chi connectivity index (χ3n) is 7.59. The molecule has 4 aliphatic rings. The number of hydrogen-bond acceptors (Lipinski definition) is 8. The van der Waals surface area contributed by atoms with Crippen molar-refractivity contribution in [3.63, 3.8) is 0 Å². The zero-order valence-corrected chi connectivity index (χ0v) is 21.0. The molecule has 2 bridgehead atoms. The van der Waals surface area contributed by atoms with Gasteiger partial charge in [-0.15, -0.1) is 0 Å². The van der Waals surface area contributed by atoms with Gasteiger partial charge in [0.15, 0.2) is 0 Å². The first kappa shape index (κ1) is 26.3. The van der Waals surface area contributed by atoms with Gasteiger partial charge in [0.25, 0.3) is 0 Å². The summed E-state index contributed by atoms with van der Waals surface area (Å²) in [7, 11) is 1.60. The van der Waals surface area contributed by atoms with E-state index in [4.69, 9.17) is 23.7 Å². The number of carbonyl (C=O) groups is 1. The number of fused-ring (bicyclic) bond motifs is 2. The van der Waals surface area contributed by atoms with Crippen molar-refractivity contribution < 1.29 is 38.7 Å². The highest BCUT2D eigenvalue weighted by molar-refractivity contribution is 5.78. The van der Waals surface area contributed by atoms with Crippen LogP contribution in [0.25, 0.3) is 0 Å². The lowest BCUT2D eigenvalue weighted by molar-refractivity contribution is -0.173. The molecule has 2 unspecified atom stereocenters. The standard InChI is InChI=1S/C27H38O8/c1-16-6-5-7-19-14-33-25-23(28)18(3)12-22(27(19,25)30)26(29)35-21-10-11-32-20(13-21)9-8-17(2)24(16)34-15-31-4/h5-8,12,16,20-25,28,30H,9-11,13-15H2,1-4H3/b6-5+,17-8+,19-7?/t16-,20+,21?,22?,23+,24+,25+,27+/m0/s1. The fourth-order valence-electron chi connectivity index (χ4n) is 5.54.